The summed E-state index contributed by atoms with van der Waals surface area (Å²) in [6, 6.07) is 12.5. The molecule has 0 fully saturated rings. The lowest BCUT2D eigenvalue weighted by atomic mass is 10.1. The van der Waals surface area contributed by atoms with Crippen LogP contribution in [-0.2, 0) is 10.0 Å². The van der Waals surface area contributed by atoms with Gasteiger partial charge in [0.2, 0.25) is 0 Å². The number of nitrogens with one attached hydrogen (secondary N) is 1. The minimum Gasteiger partial charge on any atom is -1.00 e. The quantitative estimate of drug-likeness (QED) is 0.891. The zero-order valence-electron chi connectivity index (χ0n) is 11.6. The number of rotatable bonds is 3. The van der Waals surface area contributed by atoms with Gasteiger partial charge in [0.05, 0.1) is 10.6 Å². The van der Waals surface area contributed by atoms with Crippen molar-refractivity contribution in [2.75, 3.05) is 4.72 Å². The zero-order valence-corrected chi connectivity index (χ0v) is 12.5. The molecule has 0 unspecified atom stereocenters. The predicted octanol–water partition coefficient (Wildman–Crippen LogP) is 0.417. The summed E-state index contributed by atoms with van der Waals surface area (Å²) in [5.74, 6) is 0. The molecule has 0 aliphatic rings. The van der Waals surface area contributed by atoms with Crippen LogP contribution in [0.1, 0.15) is 16.7 Å². The van der Waals surface area contributed by atoms with Gasteiger partial charge in [0, 0.05) is 0 Å². The Labute approximate surface area is 119 Å². The Morgan fingerprint density at radius 2 is 1.40 bits per heavy atom. The number of aryl methyl sites for hydroxylation is 3. The number of hydrogen-bond acceptors (Lipinski definition) is 2. The Kier molecular flexibility index (Phi) is 4.89. The number of halogens is 1. The molecule has 0 aliphatic heterocycles. The van der Waals surface area contributed by atoms with E-state index in [1.54, 1.807) is 24.3 Å². The standard InChI is InChI=1S/C15H17NO2S.FH/c1-11-5-8-14(9-6-11)19(17,18)16-15-10-12(2)4-7-13(15)3;/h4-10,16H,1-3H3;1H/p-1. The fraction of sp³-hybridized carbons (Fsp3) is 0.200. The van der Waals surface area contributed by atoms with Crippen LogP contribution in [0.3, 0.4) is 0 Å². The number of benzene rings is 2. The van der Waals surface area contributed by atoms with Crippen LogP contribution in [0.15, 0.2) is 47.4 Å². The van der Waals surface area contributed by atoms with Gasteiger partial charge in [0.15, 0.2) is 0 Å². The second kappa shape index (κ2) is 6.05. The van der Waals surface area contributed by atoms with Crippen molar-refractivity contribution in [2.24, 2.45) is 0 Å². The molecule has 5 heteroatoms. The minimum absolute atomic E-state index is 0. The molecule has 2 aromatic rings. The van der Waals surface area contributed by atoms with Crippen LogP contribution in [0, 0.1) is 20.8 Å². The molecule has 20 heavy (non-hydrogen) atoms. The lowest BCUT2D eigenvalue weighted by Crippen LogP contribution is -3.00. The zero-order chi connectivity index (χ0) is 14.0. The van der Waals surface area contributed by atoms with Gasteiger partial charge in [-0.15, -0.1) is 0 Å². The fourth-order valence-electron chi connectivity index (χ4n) is 1.77. The van der Waals surface area contributed by atoms with E-state index in [9.17, 15) is 8.42 Å². The monoisotopic (exact) mass is 294 g/mol. The van der Waals surface area contributed by atoms with Crippen LogP contribution in [0.2, 0.25) is 0 Å². The predicted molar refractivity (Wildman–Crippen MR) is 77.9 cm³/mol. The molecule has 0 saturated carbocycles. The molecule has 0 bridgehead atoms. The third-order valence-corrected chi connectivity index (χ3v) is 4.35. The van der Waals surface area contributed by atoms with Crippen molar-refractivity contribution in [1.29, 1.82) is 0 Å². The van der Waals surface area contributed by atoms with Crippen LogP contribution in [0.5, 0.6) is 0 Å². The molecule has 2 aromatic carbocycles. The van der Waals surface area contributed by atoms with Gasteiger partial charge in [-0.25, -0.2) is 8.42 Å². The maximum atomic E-state index is 12.3. The van der Waals surface area contributed by atoms with E-state index < -0.39 is 10.0 Å². The van der Waals surface area contributed by atoms with Gasteiger partial charge >= 0.3 is 0 Å². The summed E-state index contributed by atoms with van der Waals surface area (Å²) in [4.78, 5) is 0.277. The van der Waals surface area contributed by atoms with Crippen LogP contribution >= 0.6 is 0 Å². The second-order valence-electron chi connectivity index (χ2n) is 4.74. The lowest BCUT2D eigenvalue weighted by molar-refractivity contribution is -0.00000646. The van der Waals surface area contributed by atoms with Gasteiger partial charge in [0.1, 0.15) is 0 Å². The minimum atomic E-state index is -3.52. The average Bonchev–Trinajstić information content (AvgIpc) is 2.34. The van der Waals surface area contributed by atoms with Crippen LogP contribution in [0.4, 0.5) is 5.69 Å². The average molecular weight is 294 g/mol. The molecule has 0 aromatic heterocycles. The SMILES string of the molecule is Cc1ccc(S(=O)(=O)Nc2cc(C)ccc2C)cc1.[F-]. The number of sulfonamides is 1. The van der Waals surface area contributed by atoms with E-state index in [2.05, 4.69) is 4.72 Å². The molecular formula is C15H17FNO2S-. The first-order valence-corrected chi connectivity index (χ1v) is 7.53. The Bertz CT molecular complexity index is 694. The first kappa shape index (κ1) is 16.2. The van der Waals surface area contributed by atoms with E-state index in [0.29, 0.717) is 5.69 Å². The van der Waals surface area contributed by atoms with Gasteiger partial charge in [-0.2, -0.15) is 0 Å². The smallest absolute Gasteiger partial charge is 0.261 e. The van der Waals surface area contributed by atoms with Gasteiger partial charge in [-0.05, 0) is 50.1 Å². The van der Waals surface area contributed by atoms with Crippen molar-refractivity contribution in [1.82, 2.24) is 0 Å². The Hall–Kier alpha value is -1.88. The largest absolute Gasteiger partial charge is 1.00 e. The topological polar surface area (TPSA) is 46.2 Å². The van der Waals surface area contributed by atoms with Gasteiger partial charge in [-0.1, -0.05) is 29.8 Å². The van der Waals surface area contributed by atoms with Crippen molar-refractivity contribution in [3.63, 3.8) is 0 Å². The first-order chi connectivity index (χ1) is 8.88. The summed E-state index contributed by atoms with van der Waals surface area (Å²) in [5.41, 5.74) is 3.58. The molecule has 0 aliphatic carbocycles. The maximum Gasteiger partial charge on any atom is 0.261 e. The highest BCUT2D eigenvalue weighted by molar-refractivity contribution is 7.92. The Morgan fingerprint density at radius 3 is 2.00 bits per heavy atom. The summed E-state index contributed by atoms with van der Waals surface area (Å²) < 4.78 is 27.2. The fourth-order valence-corrected chi connectivity index (χ4v) is 2.89. The molecule has 0 radical (unpaired) electrons. The summed E-state index contributed by atoms with van der Waals surface area (Å²) in [7, 11) is -3.52. The molecule has 1 N–H and O–H groups in total. The molecule has 0 spiro atoms. The Balaban J connectivity index is 0.00000200. The third-order valence-electron chi connectivity index (χ3n) is 2.97. The summed E-state index contributed by atoms with van der Waals surface area (Å²) in [5, 5.41) is 0. The second-order valence-corrected chi connectivity index (χ2v) is 6.42. The number of hydrogen-bond donors (Lipinski definition) is 1. The molecule has 0 amide bonds. The highest BCUT2D eigenvalue weighted by Crippen LogP contribution is 2.21. The van der Waals surface area contributed by atoms with Gasteiger partial charge < -0.3 is 4.70 Å². The summed E-state index contributed by atoms with van der Waals surface area (Å²) >= 11 is 0. The van der Waals surface area contributed by atoms with Crippen molar-refractivity contribution in [3.05, 3.63) is 59.2 Å². The van der Waals surface area contributed by atoms with E-state index >= 15 is 0 Å². The molecule has 108 valence electrons. The lowest BCUT2D eigenvalue weighted by Gasteiger charge is -2.11. The normalized spacial score (nSPS) is 10.8. The highest BCUT2D eigenvalue weighted by Gasteiger charge is 2.14. The van der Waals surface area contributed by atoms with Gasteiger partial charge in [0.25, 0.3) is 10.0 Å². The van der Waals surface area contributed by atoms with E-state index in [0.717, 1.165) is 16.7 Å². The van der Waals surface area contributed by atoms with Crippen molar-refractivity contribution < 1.29 is 13.1 Å². The summed E-state index contributed by atoms with van der Waals surface area (Å²) in [6.45, 7) is 5.74. The van der Waals surface area contributed by atoms with Crippen molar-refractivity contribution in [2.45, 2.75) is 25.7 Å². The van der Waals surface area contributed by atoms with Crippen molar-refractivity contribution >= 4 is 15.7 Å². The molecule has 0 heterocycles. The van der Waals surface area contributed by atoms with E-state index in [1.807, 2.05) is 39.0 Å². The molecule has 0 saturated heterocycles. The first-order valence-electron chi connectivity index (χ1n) is 6.05. The van der Waals surface area contributed by atoms with Crippen molar-refractivity contribution in [3.8, 4) is 0 Å². The van der Waals surface area contributed by atoms with Crippen LogP contribution in [-0.4, -0.2) is 8.42 Å². The third kappa shape index (κ3) is 3.57. The van der Waals surface area contributed by atoms with Crippen LogP contribution < -0.4 is 9.43 Å². The molecular weight excluding hydrogens is 277 g/mol. The molecule has 2 rings (SSSR count). The molecule has 0 atom stereocenters. The van der Waals surface area contributed by atoms with E-state index in [4.69, 9.17) is 0 Å². The molecule has 3 nitrogen and oxygen atoms in total. The maximum absolute atomic E-state index is 12.3. The van der Waals surface area contributed by atoms with E-state index in [-0.39, 0.29) is 9.60 Å². The Morgan fingerprint density at radius 1 is 0.850 bits per heavy atom. The summed E-state index contributed by atoms with van der Waals surface area (Å²) in [6.07, 6.45) is 0. The number of anilines is 1. The van der Waals surface area contributed by atoms with Gasteiger partial charge in [-0.3, -0.25) is 4.72 Å². The highest BCUT2D eigenvalue weighted by atomic mass is 32.2. The van der Waals surface area contributed by atoms with E-state index in [1.165, 1.54) is 0 Å². The van der Waals surface area contributed by atoms with Crippen LogP contribution in [0.25, 0.3) is 0 Å².